The van der Waals surface area contributed by atoms with Gasteiger partial charge in [-0.3, -0.25) is 14.6 Å². The van der Waals surface area contributed by atoms with Gasteiger partial charge in [0.25, 0.3) is 0 Å². The topological polar surface area (TPSA) is 83.8 Å². The smallest absolute Gasteiger partial charge is 0.372 e. The standard InChI is InChI=1S/C11H13NO4.2C2H6/c1-3-8(5-6-12-4-2)9(13)7-10(14)11(15)16;2*1-2/h3-6H,7H2,1-2H3,(H,15,16);2*1-2H3/b6-5-,8-3+,12-4?;;. The molecule has 5 nitrogen and oxygen atoms in total. The van der Waals surface area contributed by atoms with Gasteiger partial charge >= 0.3 is 5.97 Å². The molecule has 0 aromatic heterocycles. The van der Waals surface area contributed by atoms with Gasteiger partial charge in [-0.15, -0.1) is 0 Å². The Morgan fingerprint density at radius 2 is 1.50 bits per heavy atom. The monoisotopic (exact) mass is 283 g/mol. The van der Waals surface area contributed by atoms with Gasteiger partial charge in [0.15, 0.2) is 5.78 Å². The maximum Gasteiger partial charge on any atom is 0.372 e. The Morgan fingerprint density at radius 3 is 1.85 bits per heavy atom. The molecule has 20 heavy (non-hydrogen) atoms. The van der Waals surface area contributed by atoms with Crippen molar-refractivity contribution in [3.05, 3.63) is 23.9 Å². The molecular weight excluding hydrogens is 258 g/mol. The summed E-state index contributed by atoms with van der Waals surface area (Å²) in [5.74, 6) is -3.24. The van der Waals surface area contributed by atoms with E-state index in [9.17, 15) is 14.4 Å². The summed E-state index contributed by atoms with van der Waals surface area (Å²) in [6.07, 6.45) is 5.24. The second-order valence-corrected chi connectivity index (χ2v) is 2.80. The van der Waals surface area contributed by atoms with Crippen molar-refractivity contribution >= 4 is 23.8 Å². The maximum atomic E-state index is 11.4. The molecule has 0 aromatic rings. The molecule has 0 fully saturated rings. The van der Waals surface area contributed by atoms with E-state index in [1.54, 1.807) is 13.8 Å². The number of carboxylic acids is 1. The van der Waals surface area contributed by atoms with Crippen molar-refractivity contribution in [2.45, 2.75) is 48.0 Å². The number of allylic oxidation sites excluding steroid dienone is 3. The Morgan fingerprint density at radius 1 is 1.00 bits per heavy atom. The minimum atomic E-state index is -1.60. The fourth-order valence-corrected chi connectivity index (χ4v) is 0.883. The average Bonchev–Trinajstić information content (AvgIpc) is 2.47. The minimum Gasteiger partial charge on any atom is -0.475 e. The van der Waals surface area contributed by atoms with Crippen LogP contribution in [0.25, 0.3) is 0 Å². The number of aliphatic imine (C=N–C) groups is 1. The van der Waals surface area contributed by atoms with Gasteiger partial charge < -0.3 is 5.11 Å². The van der Waals surface area contributed by atoms with Gasteiger partial charge in [0.1, 0.15) is 0 Å². The second-order valence-electron chi connectivity index (χ2n) is 2.80. The molecular formula is C15H25NO4. The van der Waals surface area contributed by atoms with Crippen LogP contribution in [0.2, 0.25) is 0 Å². The van der Waals surface area contributed by atoms with E-state index in [0.717, 1.165) is 0 Å². The summed E-state index contributed by atoms with van der Waals surface area (Å²) in [7, 11) is 0. The summed E-state index contributed by atoms with van der Waals surface area (Å²) >= 11 is 0. The van der Waals surface area contributed by atoms with Crippen LogP contribution in [0, 0.1) is 0 Å². The lowest BCUT2D eigenvalue weighted by Gasteiger charge is -1.97. The zero-order valence-corrected chi connectivity index (χ0v) is 13.1. The summed E-state index contributed by atoms with van der Waals surface area (Å²) in [4.78, 5) is 36.2. The number of carbonyl (C=O) groups is 3. The molecule has 0 heterocycles. The number of Topliss-reactive ketones (excluding diaryl/α,β-unsaturated/α-hetero) is 2. The van der Waals surface area contributed by atoms with Crippen LogP contribution in [0.4, 0.5) is 0 Å². The molecule has 0 saturated carbocycles. The quantitative estimate of drug-likeness (QED) is 0.267. The number of nitrogens with zero attached hydrogens (tertiary/aromatic N) is 1. The minimum absolute atomic E-state index is 0.264. The second kappa shape index (κ2) is 17.0. The Labute approximate surface area is 121 Å². The highest BCUT2D eigenvalue weighted by molar-refractivity contribution is 6.37. The fraction of sp³-hybridized carbons (Fsp3) is 0.467. The van der Waals surface area contributed by atoms with Crippen molar-refractivity contribution in [3.63, 3.8) is 0 Å². The first-order valence-corrected chi connectivity index (χ1v) is 6.62. The van der Waals surface area contributed by atoms with Crippen LogP contribution in [0.1, 0.15) is 48.0 Å². The third-order valence-corrected chi connectivity index (χ3v) is 1.68. The molecule has 0 saturated heterocycles. The lowest BCUT2D eigenvalue weighted by Crippen LogP contribution is -2.17. The molecule has 0 aromatic carbocycles. The van der Waals surface area contributed by atoms with E-state index in [4.69, 9.17) is 5.11 Å². The first-order chi connectivity index (χ1) is 9.52. The first-order valence-electron chi connectivity index (χ1n) is 6.62. The molecule has 0 bridgehead atoms. The number of hydrogen-bond acceptors (Lipinski definition) is 4. The van der Waals surface area contributed by atoms with Crippen LogP contribution >= 0.6 is 0 Å². The summed E-state index contributed by atoms with van der Waals surface area (Å²) in [5.41, 5.74) is 0.264. The van der Waals surface area contributed by atoms with Gasteiger partial charge in [-0.05, 0) is 19.9 Å². The number of carboxylic acid groups (broad SMARTS) is 1. The highest BCUT2D eigenvalue weighted by atomic mass is 16.4. The molecule has 0 atom stereocenters. The summed E-state index contributed by atoms with van der Waals surface area (Å²) in [5, 5.41) is 8.34. The molecule has 0 aliphatic carbocycles. The van der Waals surface area contributed by atoms with Crippen molar-refractivity contribution < 1.29 is 19.5 Å². The van der Waals surface area contributed by atoms with Crippen LogP contribution in [0.5, 0.6) is 0 Å². The highest BCUT2D eigenvalue weighted by Crippen LogP contribution is 2.03. The number of rotatable bonds is 6. The largest absolute Gasteiger partial charge is 0.475 e. The predicted octanol–water partition coefficient (Wildman–Crippen LogP) is 3.20. The number of hydrogen-bond donors (Lipinski definition) is 1. The molecule has 0 radical (unpaired) electrons. The summed E-state index contributed by atoms with van der Waals surface area (Å²) in [6, 6.07) is 0. The zero-order valence-electron chi connectivity index (χ0n) is 13.1. The van der Waals surface area contributed by atoms with Gasteiger partial charge in [-0.2, -0.15) is 0 Å². The van der Waals surface area contributed by atoms with E-state index in [1.165, 1.54) is 24.6 Å². The molecule has 5 heteroatoms. The van der Waals surface area contributed by atoms with E-state index in [1.807, 2.05) is 27.7 Å². The summed E-state index contributed by atoms with van der Waals surface area (Å²) in [6.45, 7) is 11.3. The van der Waals surface area contributed by atoms with E-state index in [2.05, 4.69) is 4.99 Å². The molecule has 0 rings (SSSR count). The van der Waals surface area contributed by atoms with Crippen LogP contribution in [-0.4, -0.2) is 28.9 Å². The number of aliphatic carboxylic acids is 1. The van der Waals surface area contributed by atoms with Crippen LogP contribution < -0.4 is 0 Å². The molecule has 1 N–H and O–H groups in total. The Bertz CT molecular complexity index is 379. The molecule has 0 amide bonds. The van der Waals surface area contributed by atoms with Gasteiger partial charge in [0.2, 0.25) is 5.78 Å². The van der Waals surface area contributed by atoms with Gasteiger partial charge in [0.05, 0.1) is 6.42 Å². The SMILES string of the molecule is CC.CC.CC=N/C=C\C(=C/C)C(=O)CC(=O)C(=O)O. The van der Waals surface area contributed by atoms with E-state index < -0.39 is 24.0 Å². The lowest BCUT2D eigenvalue weighted by molar-refractivity contribution is -0.149. The van der Waals surface area contributed by atoms with Crippen molar-refractivity contribution in [2.75, 3.05) is 0 Å². The van der Waals surface area contributed by atoms with Gasteiger partial charge in [-0.1, -0.05) is 33.8 Å². The lowest BCUT2D eigenvalue weighted by atomic mass is 10.1. The average molecular weight is 283 g/mol. The third-order valence-electron chi connectivity index (χ3n) is 1.68. The Hall–Kier alpha value is -2.04. The van der Waals surface area contributed by atoms with Crippen molar-refractivity contribution in [1.82, 2.24) is 0 Å². The zero-order chi connectivity index (χ0) is 16.6. The maximum absolute atomic E-state index is 11.4. The predicted molar refractivity (Wildman–Crippen MR) is 82.0 cm³/mol. The molecule has 0 aliphatic rings. The van der Waals surface area contributed by atoms with Crippen LogP contribution in [0.15, 0.2) is 28.9 Å². The van der Waals surface area contributed by atoms with Gasteiger partial charge in [-0.25, -0.2) is 4.79 Å². The normalized spacial score (nSPS) is 10.4. The highest BCUT2D eigenvalue weighted by Gasteiger charge is 2.17. The van der Waals surface area contributed by atoms with Crippen LogP contribution in [0.3, 0.4) is 0 Å². The molecule has 0 aliphatic heterocycles. The van der Waals surface area contributed by atoms with E-state index in [-0.39, 0.29) is 5.57 Å². The van der Waals surface area contributed by atoms with Crippen molar-refractivity contribution in [3.8, 4) is 0 Å². The van der Waals surface area contributed by atoms with E-state index >= 15 is 0 Å². The number of carbonyl (C=O) groups excluding carboxylic acids is 2. The van der Waals surface area contributed by atoms with Crippen LogP contribution in [-0.2, 0) is 14.4 Å². The molecule has 0 spiro atoms. The Balaban J connectivity index is -0.000000656. The van der Waals surface area contributed by atoms with Crippen molar-refractivity contribution in [1.29, 1.82) is 0 Å². The van der Waals surface area contributed by atoms with Gasteiger partial charge in [0, 0.05) is 18.0 Å². The molecule has 0 unspecified atom stereocenters. The van der Waals surface area contributed by atoms with Crippen molar-refractivity contribution in [2.24, 2.45) is 4.99 Å². The molecule has 114 valence electrons. The fourth-order valence-electron chi connectivity index (χ4n) is 0.883. The van der Waals surface area contributed by atoms with E-state index in [0.29, 0.717) is 0 Å². The first kappa shape index (κ1) is 23.1. The third kappa shape index (κ3) is 12.4. The Kier molecular flexibility index (Phi) is 19.6. The summed E-state index contributed by atoms with van der Waals surface area (Å²) < 4.78 is 0. The number of ketones is 2.